The Labute approximate surface area is 201 Å². The summed E-state index contributed by atoms with van der Waals surface area (Å²) in [4.78, 5) is 38.1. The lowest BCUT2D eigenvalue weighted by Gasteiger charge is -2.40. The van der Waals surface area contributed by atoms with Gasteiger partial charge in [0, 0.05) is 19.0 Å². The van der Waals surface area contributed by atoms with Gasteiger partial charge in [0.25, 0.3) is 0 Å². The number of aromatic nitrogens is 3. The van der Waals surface area contributed by atoms with Gasteiger partial charge in [-0.05, 0) is 28.7 Å². The van der Waals surface area contributed by atoms with E-state index >= 15 is 0 Å². The molecule has 10 heteroatoms. The molecule has 1 aliphatic heterocycles. The summed E-state index contributed by atoms with van der Waals surface area (Å²) in [6.07, 6.45) is 1.13. The van der Waals surface area contributed by atoms with Gasteiger partial charge in [0.05, 0.1) is 12.2 Å². The van der Waals surface area contributed by atoms with E-state index in [4.69, 9.17) is 9.84 Å². The molecule has 1 saturated heterocycles. The number of ether oxygens (including phenoxy) is 1. The van der Waals surface area contributed by atoms with E-state index in [9.17, 15) is 14.4 Å². The van der Waals surface area contributed by atoms with E-state index in [0.717, 1.165) is 22.3 Å². The minimum atomic E-state index is -1.15. The van der Waals surface area contributed by atoms with Crippen molar-refractivity contribution in [3.05, 3.63) is 71.5 Å². The van der Waals surface area contributed by atoms with Crippen molar-refractivity contribution in [2.45, 2.75) is 31.3 Å². The van der Waals surface area contributed by atoms with Crippen LogP contribution in [0.1, 0.15) is 46.9 Å². The number of aromatic carboxylic acids is 1. The number of hydrogen-bond donors (Lipinski definition) is 2. The summed E-state index contributed by atoms with van der Waals surface area (Å²) in [6, 6.07) is 15.3. The number of carbonyl (C=O) groups is 3. The van der Waals surface area contributed by atoms with E-state index in [1.54, 1.807) is 4.90 Å². The molecule has 1 aliphatic carbocycles. The number of fused-ring (bicyclic) bond motifs is 3. The van der Waals surface area contributed by atoms with Gasteiger partial charge in [-0.1, -0.05) is 60.7 Å². The van der Waals surface area contributed by atoms with E-state index < -0.39 is 18.1 Å². The Morgan fingerprint density at radius 1 is 1.09 bits per heavy atom. The van der Waals surface area contributed by atoms with E-state index in [0.29, 0.717) is 19.5 Å². The molecule has 0 unspecified atom stereocenters. The fourth-order valence-electron chi connectivity index (χ4n) is 4.70. The van der Waals surface area contributed by atoms with E-state index in [1.807, 2.05) is 31.2 Å². The van der Waals surface area contributed by atoms with Crippen molar-refractivity contribution < 1.29 is 24.2 Å². The maximum atomic E-state index is 12.9. The first kappa shape index (κ1) is 22.6. The molecule has 5 rings (SSSR count). The quantitative estimate of drug-likeness (QED) is 0.538. The second-order valence-corrected chi connectivity index (χ2v) is 8.72. The number of nitrogens with zero attached hydrogens (tertiary/aromatic N) is 4. The number of likely N-dealkylation sites (tertiary alicyclic amines) is 1. The third kappa shape index (κ3) is 4.23. The lowest BCUT2D eigenvalue weighted by Crippen LogP contribution is -2.57. The van der Waals surface area contributed by atoms with Gasteiger partial charge in [0.2, 0.25) is 5.91 Å². The van der Waals surface area contributed by atoms with Crippen LogP contribution >= 0.6 is 0 Å². The maximum Gasteiger partial charge on any atom is 0.407 e. The first-order valence-corrected chi connectivity index (χ1v) is 11.5. The second-order valence-electron chi connectivity index (χ2n) is 8.72. The predicted octanol–water partition coefficient (Wildman–Crippen LogP) is 2.68. The van der Waals surface area contributed by atoms with Crippen molar-refractivity contribution in [2.75, 3.05) is 19.7 Å². The number of benzene rings is 2. The number of carboxylic acid groups (broad SMARTS) is 1. The molecule has 1 fully saturated rings. The van der Waals surface area contributed by atoms with Gasteiger partial charge in [0.15, 0.2) is 5.69 Å². The van der Waals surface area contributed by atoms with Crippen molar-refractivity contribution in [1.29, 1.82) is 0 Å². The average Bonchev–Trinajstić information content (AvgIpc) is 3.44. The zero-order valence-electron chi connectivity index (χ0n) is 19.1. The molecule has 2 aromatic carbocycles. The smallest absolute Gasteiger partial charge is 0.407 e. The molecule has 2 aliphatic rings. The van der Waals surface area contributed by atoms with Crippen LogP contribution in [-0.2, 0) is 9.53 Å². The Bertz CT molecular complexity index is 1240. The standard InChI is InChI=1S/C25H25N5O5/c1-2-21(23(31)29-11-15(12-29)30-13-22(24(32)33)27-28-30)26-25(34)35-14-20-18-9-5-3-7-16(18)17-8-4-6-10-19(17)20/h3-10,13,15,20-21H,2,11-12,14H2,1H3,(H,26,34)(H,32,33)/t21-/m0/s1. The molecule has 180 valence electrons. The predicted molar refractivity (Wildman–Crippen MR) is 125 cm³/mol. The number of amides is 2. The zero-order valence-corrected chi connectivity index (χ0v) is 19.1. The highest BCUT2D eigenvalue weighted by Crippen LogP contribution is 2.44. The Morgan fingerprint density at radius 2 is 1.71 bits per heavy atom. The van der Waals surface area contributed by atoms with E-state index in [-0.39, 0.29) is 30.2 Å². The number of hydrogen-bond acceptors (Lipinski definition) is 6. The molecule has 2 amide bonds. The number of carboxylic acids is 1. The van der Waals surface area contributed by atoms with Gasteiger partial charge >= 0.3 is 12.1 Å². The summed E-state index contributed by atoms with van der Waals surface area (Å²) >= 11 is 0. The fraction of sp³-hybridized carbons (Fsp3) is 0.320. The molecule has 2 N–H and O–H groups in total. The molecule has 0 bridgehead atoms. The van der Waals surface area contributed by atoms with Crippen molar-refractivity contribution in [3.63, 3.8) is 0 Å². The molecule has 35 heavy (non-hydrogen) atoms. The number of alkyl carbamates (subject to hydrolysis) is 1. The number of nitrogens with one attached hydrogen (secondary N) is 1. The highest BCUT2D eigenvalue weighted by atomic mass is 16.5. The molecule has 0 radical (unpaired) electrons. The van der Waals surface area contributed by atoms with Crippen LogP contribution in [0.25, 0.3) is 11.1 Å². The topological polar surface area (TPSA) is 127 Å². The Balaban J connectivity index is 1.16. The highest BCUT2D eigenvalue weighted by Gasteiger charge is 2.37. The average molecular weight is 476 g/mol. The molecule has 10 nitrogen and oxygen atoms in total. The summed E-state index contributed by atoms with van der Waals surface area (Å²) in [5, 5.41) is 19.1. The molecule has 3 aromatic rings. The maximum absolute atomic E-state index is 12.9. The zero-order chi connectivity index (χ0) is 24.5. The van der Waals surface area contributed by atoms with Crippen LogP contribution in [-0.4, -0.2) is 68.7 Å². The monoisotopic (exact) mass is 475 g/mol. The highest BCUT2D eigenvalue weighted by molar-refractivity contribution is 5.86. The number of rotatable bonds is 7. The Hall–Kier alpha value is -4.21. The molecule has 0 saturated carbocycles. The van der Waals surface area contributed by atoms with Crippen LogP contribution in [0, 0.1) is 0 Å². The van der Waals surface area contributed by atoms with Gasteiger partial charge in [-0.15, -0.1) is 5.10 Å². The van der Waals surface area contributed by atoms with Crippen LogP contribution in [0.4, 0.5) is 4.79 Å². The van der Waals surface area contributed by atoms with Crippen molar-refractivity contribution in [2.24, 2.45) is 0 Å². The van der Waals surface area contributed by atoms with Gasteiger partial charge in [-0.3, -0.25) is 4.79 Å². The van der Waals surface area contributed by atoms with E-state index in [2.05, 4.69) is 39.9 Å². The molecular weight excluding hydrogens is 450 g/mol. The lowest BCUT2D eigenvalue weighted by molar-refractivity contribution is -0.139. The summed E-state index contributed by atoms with van der Waals surface area (Å²) in [5.74, 6) is -1.42. The Morgan fingerprint density at radius 3 is 2.29 bits per heavy atom. The van der Waals surface area contributed by atoms with Crippen LogP contribution in [0.15, 0.2) is 54.7 Å². The molecule has 0 spiro atoms. The Kier molecular flexibility index (Phi) is 5.94. The lowest BCUT2D eigenvalue weighted by atomic mass is 9.98. The summed E-state index contributed by atoms with van der Waals surface area (Å²) < 4.78 is 7.02. The SMILES string of the molecule is CC[C@H](NC(=O)OCC1c2ccccc2-c2ccccc21)C(=O)N1CC(n2cc(C(=O)O)nn2)C1. The molecule has 1 atom stereocenters. The van der Waals surface area contributed by atoms with Crippen LogP contribution in [0.3, 0.4) is 0 Å². The summed E-state index contributed by atoms with van der Waals surface area (Å²) in [5.41, 5.74) is 4.40. The molecule has 2 heterocycles. The third-order valence-corrected chi connectivity index (χ3v) is 6.62. The summed E-state index contributed by atoms with van der Waals surface area (Å²) in [7, 11) is 0. The van der Waals surface area contributed by atoms with Gasteiger partial charge in [0.1, 0.15) is 12.6 Å². The van der Waals surface area contributed by atoms with Gasteiger partial charge < -0.3 is 20.1 Å². The van der Waals surface area contributed by atoms with E-state index in [1.165, 1.54) is 10.9 Å². The largest absolute Gasteiger partial charge is 0.476 e. The van der Waals surface area contributed by atoms with Gasteiger partial charge in [-0.25, -0.2) is 14.3 Å². The van der Waals surface area contributed by atoms with Gasteiger partial charge in [-0.2, -0.15) is 0 Å². The van der Waals surface area contributed by atoms with Crippen LogP contribution < -0.4 is 5.32 Å². The minimum Gasteiger partial charge on any atom is -0.476 e. The second kappa shape index (κ2) is 9.21. The first-order chi connectivity index (χ1) is 17.0. The minimum absolute atomic E-state index is 0.0570. The molecule has 1 aromatic heterocycles. The van der Waals surface area contributed by atoms with Crippen molar-refractivity contribution in [3.8, 4) is 11.1 Å². The third-order valence-electron chi connectivity index (χ3n) is 6.62. The van der Waals surface area contributed by atoms with Crippen molar-refractivity contribution in [1.82, 2.24) is 25.2 Å². The number of carbonyl (C=O) groups excluding carboxylic acids is 2. The fourth-order valence-corrected chi connectivity index (χ4v) is 4.70. The van der Waals surface area contributed by atoms with Crippen LogP contribution in [0.2, 0.25) is 0 Å². The molecular formula is C25H25N5O5. The normalized spacial score (nSPS) is 15.6. The first-order valence-electron chi connectivity index (χ1n) is 11.5. The summed E-state index contributed by atoms with van der Waals surface area (Å²) in [6.45, 7) is 2.73. The van der Waals surface area contributed by atoms with Crippen LogP contribution in [0.5, 0.6) is 0 Å². The van der Waals surface area contributed by atoms with Crippen molar-refractivity contribution >= 4 is 18.0 Å².